The summed E-state index contributed by atoms with van der Waals surface area (Å²) in [6.45, 7) is 8.86. The van der Waals surface area contributed by atoms with Crippen molar-refractivity contribution < 1.29 is 0 Å². The van der Waals surface area contributed by atoms with E-state index in [4.69, 9.17) is 0 Å². The molecule has 1 atom stereocenters. The highest BCUT2D eigenvalue weighted by molar-refractivity contribution is 7.15. The van der Waals surface area contributed by atoms with Gasteiger partial charge in [0.1, 0.15) is 0 Å². The third kappa shape index (κ3) is 2.71. The van der Waals surface area contributed by atoms with Crippen LogP contribution in [-0.2, 0) is 12.8 Å². The molecular formula is C12H20N2S. The molecule has 0 bridgehead atoms. The summed E-state index contributed by atoms with van der Waals surface area (Å²) in [6, 6.07) is 0. The molecule has 84 valence electrons. The number of rotatable bonds is 1. The number of thiazole rings is 1. The van der Waals surface area contributed by atoms with Crippen LogP contribution in [0.4, 0.5) is 5.13 Å². The maximum absolute atomic E-state index is 4.68. The molecule has 0 fully saturated rings. The van der Waals surface area contributed by atoms with Crippen molar-refractivity contribution in [2.75, 3.05) is 5.32 Å². The van der Waals surface area contributed by atoms with Crippen LogP contribution < -0.4 is 5.32 Å². The predicted molar refractivity (Wildman–Crippen MR) is 66.7 cm³/mol. The second kappa shape index (κ2) is 3.78. The zero-order chi connectivity index (χ0) is 11.1. The van der Waals surface area contributed by atoms with Crippen LogP contribution in [0.25, 0.3) is 0 Å². The van der Waals surface area contributed by atoms with E-state index in [1.807, 2.05) is 11.3 Å². The van der Waals surface area contributed by atoms with E-state index in [1.54, 1.807) is 0 Å². The van der Waals surface area contributed by atoms with Crippen molar-refractivity contribution in [3.8, 4) is 0 Å². The van der Waals surface area contributed by atoms with Gasteiger partial charge in [0.25, 0.3) is 0 Å². The zero-order valence-electron chi connectivity index (χ0n) is 10.1. The van der Waals surface area contributed by atoms with E-state index in [1.165, 1.54) is 29.8 Å². The zero-order valence-corrected chi connectivity index (χ0v) is 10.9. The van der Waals surface area contributed by atoms with E-state index >= 15 is 0 Å². The third-order valence-corrected chi connectivity index (χ3v) is 3.70. The van der Waals surface area contributed by atoms with Crippen molar-refractivity contribution in [2.45, 2.75) is 52.5 Å². The lowest BCUT2D eigenvalue weighted by Gasteiger charge is -2.19. The molecule has 0 aromatic carbocycles. The van der Waals surface area contributed by atoms with E-state index in [9.17, 15) is 0 Å². The summed E-state index contributed by atoms with van der Waals surface area (Å²) in [4.78, 5) is 6.18. The van der Waals surface area contributed by atoms with Gasteiger partial charge in [-0.2, -0.15) is 0 Å². The molecule has 3 heteroatoms. The van der Waals surface area contributed by atoms with E-state index < -0.39 is 0 Å². The highest BCUT2D eigenvalue weighted by atomic mass is 32.1. The van der Waals surface area contributed by atoms with Gasteiger partial charge in [-0.05, 0) is 46.0 Å². The highest BCUT2D eigenvalue weighted by Gasteiger charge is 2.21. The van der Waals surface area contributed by atoms with E-state index in [2.05, 4.69) is 38.0 Å². The Morgan fingerprint density at radius 1 is 1.40 bits per heavy atom. The Labute approximate surface area is 96.1 Å². The molecule has 0 radical (unpaired) electrons. The third-order valence-electron chi connectivity index (χ3n) is 2.67. The van der Waals surface area contributed by atoms with Crippen molar-refractivity contribution in [1.29, 1.82) is 0 Å². The van der Waals surface area contributed by atoms with Gasteiger partial charge in [-0.25, -0.2) is 4.98 Å². The van der Waals surface area contributed by atoms with Crippen LogP contribution in [0, 0.1) is 5.92 Å². The van der Waals surface area contributed by atoms with Gasteiger partial charge in [0.05, 0.1) is 5.69 Å². The standard InChI is InChI=1S/C12H20N2S/c1-8-5-6-9-10(7-8)15-11(13-9)14-12(2,3)4/h8H,5-7H2,1-4H3,(H,13,14). The Hall–Kier alpha value is -0.570. The van der Waals surface area contributed by atoms with Gasteiger partial charge >= 0.3 is 0 Å². The fourth-order valence-electron chi connectivity index (χ4n) is 1.91. The van der Waals surface area contributed by atoms with Crippen LogP contribution in [0.15, 0.2) is 0 Å². The molecule has 1 aliphatic carbocycles. The minimum absolute atomic E-state index is 0.117. The Bertz CT molecular complexity index is 349. The Morgan fingerprint density at radius 3 is 2.80 bits per heavy atom. The van der Waals surface area contributed by atoms with Gasteiger partial charge in [-0.3, -0.25) is 0 Å². The molecule has 1 heterocycles. The molecule has 0 saturated heterocycles. The molecule has 0 saturated carbocycles. The van der Waals surface area contributed by atoms with Crippen LogP contribution in [0.5, 0.6) is 0 Å². The molecule has 0 amide bonds. The summed E-state index contributed by atoms with van der Waals surface area (Å²) in [5.74, 6) is 0.834. The van der Waals surface area contributed by atoms with Gasteiger partial charge in [0, 0.05) is 10.4 Å². The number of nitrogens with one attached hydrogen (secondary N) is 1. The molecule has 1 unspecified atom stereocenters. The normalized spacial score (nSPS) is 21.2. The van der Waals surface area contributed by atoms with Crippen molar-refractivity contribution in [2.24, 2.45) is 5.92 Å². The average molecular weight is 224 g/mol. The fourth-order valence-corrected chi connectivity index (χ4v) is 3.29. The second-order valence-electron chi connectivity index (χ2n) is 5.61. The molecule has 1 aromatic heterocycles. The van der Waals surface area contributed by atoms with Crippen molar-refractivity contribution >= 4 is 16.5 Å². The first kappa shape index (κ1) is 10.9. The monoisotopic (exact) mass is 224 g/mol. The summed E-state index contributed by atoms with van der Waals surface area (Å²) >= 11 is 1.84. The maximum Gasteiger partial charge on any atom is 0.183 e. The molecule has 0 spiro atoms. The molecule has 1 aromatic rings. The quantitative estimate of drug-likeness (QED) is 0.790. The van der Waals surface area contributed by atoms with Crippen molar-refractivity contribution in [3.63, 3.8) is 0 Å². The molecule has 1 N–H and O–H groups in total. The summed E-state index contributed by atoms with van der Waals surface area (Å²) < 4.78 is 0. The van der Waals surface area contributed by atoms with Crippen LogP contribution in [0.1, 0.15) is 44.7 Å². The lowest BCUT2D eigenvalue weighted by atomic mass is 9.93. The first-order valence-electron chi connectivity index (χ1n) is 5.71. The SMILES string of the molecule is CC1CCc2nc(NC(C)(C)C)sc2C1. The van der Waals surface area contributed by atoms with E-state index in [0.29, 0.717) is 0 Å². The van der Waals surface area contributed by atoms with Gasteiger partial charge in [0.2, 0.25) is 0 Å². The fraction of sp³-hybridized carbons (Fsp3) is 0.750. The highest BCUT2D eigenvalue weighted by Crippen LogP contribution is 2.32. The Morgan fingerprint density at radius 2 is 2.13 bits per heavy atom. The molecule has 2 rings (SSSR count). The van der Waals surface area contributed by atoms with E-state index in [-0.39, 0.29) is 5.54 Å². The summed E-state index contributed by atoms with van der Waals surface area (Å²) in [7, 11) is 0. The van der Waals surface area contributed by atoms with Crippen molar-refractivity contribution in [1.82, 2.24) is 4.98 Å². The van der Waals surface area contributed by atoms with Crippen LogP contribution >= 0.6 is 11.3 Å². The van der Waals surface area contributed by atoms with Gasteiger partial charge in [-0.1, -0.05) is 6.92 Å². The number of hydrogen-bond acceptors (Lipinski definition) is 3. The number of aryl methyl sites for hydroxylation is 1. The number of nitrogens with zero attached hydrogens (tertiary/aromatic N) is 1. The van der Waals surface area contributed by atoms with Crippen LogP contribution in [0.3, 0.4) is 0 Å². The van der Waals surface area contributed by atoms with Gasteiger partial charge < -0.3 is 5.32 Å². The Kier molecular flexibility index (Phi) is 2.75. The maximum atomic E-state index is 4.68. The van der Waals surface area contributed by atoms with Crippen molar-refractivity contribution in [3.05, 3.63) is 10.6 Å². The predicted octanol–water partition coefficient (Wildman–Crippen LogP) is 3.48. The first-order valence-corrected chi connectivity index (χ1v) is 6.52. The molecule has 2 nitrogen and oxygen atoms in total. The first-order chi connectivity index (χ1) is 6.94. The van der Waals surface area contributed by atoms with E-state index in [0.717, 1.165) is 11.0 Å². The summed E-state index contributed by atoms with van der Waals surface area (Å²) in [5, 5.41) is 4.56. The number of anilines is 1. The molecule has 1 aliphatic rings. The lowest BCUT2D eigenvalue weighted by molar-refractivity contribution is 0.502. The largest absolute Gasteiger partial charge is 0.357 e. The minimum Gasteiger partial charge on any atom is -0.357 e. The second-order valence-corrected chi connectivity index (χ2v) is 6.70. The lowest BCUT2D eigenvalue weighted by Crippen LogP contribution is -2.25. The smallest absolute Gasteiger partial charge is 0.183 e. The number of hydrogen-bond donors (Lipinski definition) is 1. The number of aromatic nitrogens is 1. The Balaban J connectivity index is 2.16. The molecular weight excluding hydrogens is 204 g/mol. The summed E-state index contributed by atoms with van der Waals surface area (Å²) in [5.41, 5.74) is 1.45. The minimum atomic E-state index is 0.117. The topological polar surface area (TPSA) is 24.9 Å². The van der Waals surface area contributed by atoms with Gasteiger partial charge in [0.15, 0.2) is 5.13 Å². The van der Waals surface area contributed by atoms with Crippen LogP contribution in [-0.4, -0.2) is 10.5 Å². The molecule has 0 aliphatic heterocycles. The summed E-state index contributed by atoms with van der Waals surface area (Å²) in [6.07, 6.45) is 3.68. The number of fused-ring (bicyclic) bond motifs is 1. The molecule has 15 heavy (non-hydrogen) atoms. The van der Waals surface area contributed by atoms with Crippen LogP contribution in [0.2, 0.25) is 0 Å². The van der Waals surface area contributed by atoms with Gasteiger partial charge in [-0.15, -0.1) is 11.3 Å². The average Bonchev–Trinajstić information content (AvgIpc) is 2.42.